The second-order valence-corrected chi connectivity index (χ2v) is 10.9. The average Bonchev–Trinajstić information content (AvgIpc) is 3.54. The molecule has 0 bridgehead atoms. The van der Waals surface area contributed by atoms with E-state index in [-0.39, 0.29) is 17.7 Å². The van der Waals surface area contributed by atoms with Crippen molar-refractivity contribution in [1.82, 2.24) is 9.88 Å². The average molecular weight is 592 g/mol. The number of benzene rings is 2. The predicted octanol–water partition coefficient (Wildman–Crippen LogP) is 4.85. The van der Waals surface area contributed by atoms with Gasteiger partial charge in [-0.2, -0.15) is 21.6 Å². The first kappa shape index (κ1) is 28.7. The van der Waals surface area contributed by atoms with Crippen molar-refractivity contribution in [2.45, 2.75) is 43.5 Å². The Morgan fingerprint density at radius 1 is 1.23 bits per heavy atom. The van der Waals surface area contributed by atoms with E-state index in [2.05, 4.69) is 14.7 Å². The zero-order valence-corrected chi connectivity index (χ0v) is 22.0. The minimum Gasteiger partial charge on any atom is -0.489 e. The monoisotopic (exact) mass is 591 g/mol. The van der Waals surface area contributed by atoms with E-state index in [4.69, 9.17) is 4.74 Å². The molecule has 0 saturated carbocycles. The topological polar surface area (TPSA) is 89.0 Å². The van der Waals surface area contributed by atoms with Crippen molar-refractivity contribution in [2.24, 2.45) is 0 Å². The molecule has 1 saturated heterocycles. The Labute approximate surface area is 224 Å². The predicted molar refractivity (Wildman–Crippen MR) is 130 cm³/mol. The third-order valence-electron chi connectivity index (χ3n) is 5.84. The Kier molecular flexibility index (Phi) is 8.42. The van der Waals surface area contributed by atoms with Gasteiger partial charge in [-0.15, -0.1) is 11.3 Å². The highest BCUT2D eigenvalue weighted by Gasteiger charge is 2.46. The van der Waals surface area contributed by atoms with Gasteiger partial charge in [-0.3, -0.25) is 4.90 Å². The van der Waals surface area contributed by atoms with Crippen LogP contribution in [-0.4, -0.2) is 49.6 Å². The highest BCUT2D eigenvalue weighted by atomic mass is 32.2. The van der Waals surface area contributed by atoms with Gasteiger partial charge in [-0.25, -0.2) is 18.6 Å². The van der Waals surface area contributed by atoms with E-state index < -0.39 is 55.1 Å². The number of ether oxygens (including phenoxy) is 1. The highest BCUT2D eigenvalue weighted by Crippen LogP contribution is 2.36. The molecule has 39 heavy (non-hydrogen) atoms. The number of halogens is 5. The number of nitrogens with zero attached hydrogens (tertiary/aromatic N) is 3. The lowest BCUT2D eigenvalue weighted by Crippen LogP contribution is -2.39. The molecule has 210 valence electrons. The number of carbonyl (C=O) groups excluding carboxylic acids is 1. The van der Waals surface area contributed by atoms with Gasteiger partial charge in [0.1, 0.15) is 11.9 Å². The number of anilines is 1. The van der Waals surface area contributed by atoms with Crippen LogP contribution >= 0.6 is 11.3 Å². The highest BCUT2D eigenvalue weighted by molar-refractivity contribution is 7.92. The number of thiazole rings is 1. The smallest absolute Gasteiger partial charge is 0.489 e. The van der Waals surface area contributed by atoms with Crippen molar-refractivity contribution in [3.8, 4) is 5.75 Å². The summed E-state index contributed by atoms with van der Waals surface area (Å²) in [6.45, 7) is 3.22. The third kappa shape index (κ3) is 6.31. The van der Waals surface area contributed by atoms with Gasteiger partial charge < -0.3 is 9.57 Å². The SMILES string of the molecule is CCc1c(O[C@H]2CCN(Cc3ccccc3)C2)cc(F)c(S(=O)(=O)N(OC(=O)C(F)(F)F)c2cscn2)c1F. The molecule has 1 atom stereocenters. The van der Waals surface area contributed by atoms with E-state index in [1.54, 1.807) is 0 Å². The summed E-state index contributed by atoms with van der Waals surface area (Å²) in [7, 11) is -5.54. The lowest BCUT2D eigenvalue weighted by atomic mass is 10.1. The lowest BCUT2D eigenvalue weighted by molar-refractivity contribution is -0.199. The largest absolute Gasteiger partial charge is 0.493 e. The van der Waals surface area contributed by atoms with Crippen molar-refractivity contribution in [2.75, 3.05) is 17.6 Å². The second kappa shape index (κ2) is 11.4. The number of sulfonamides is 1. The van der Waals surface area contributed by atoms with E-state index in [1.165, 1.54) is 6.92 Å². The van der Waals surface area contributed by atoms with E-state index in [0.29, 0.717) is 32.1 Å². The minimum absolute atomic E-state index is 0.135. The Bertz CT molecular complexity index is 1420. The number of hydrogen-bond donors (Lipinski definition) is 0. The molecule has 0 aliphatic carbocycles. The summed E-state index contributed by atoms with van der Waals surface area (Å²) >= 11 is 0.749. The molecule has 1 fully saturated rings. The molecule has 0 N–H and O–H groups in total. The fourth-order valence-corrected chi connectivity index (χ4v) is 5.98. The molecule has 0 unspecified atom stereocenters. The molecule has 1 aromatic heterocycles. The second-order valence-electron chi connectivity index (χ2n) is 8.54. The summed E-state index contributed by atoms with van der Waals surface area (Å²) in [5.41, 5.74) is 1.80. The zero-order chi connectivity index (χ0) is 28.4. The molecule has 3 aromatic rings. The molecule has 15 heteroatoms. The van der Waals surface area contributed by atoms with Crippen molar-refractivity contribution >= 4 is 33.1 Å². The van der Waals surface area contributed by atoms with Crippen molar-refractivity contribution in [3.05, 3.63) is 70.1 Å². The molecule has 8 nitrogen and oxygen atoms in total. The first-order chi connectivity index (χ1) is 18.4. The van der Waals surface area contributed by atoms with Gasteiger partial charge in [0, 0.05) is 36.6 Å². The first-order valence-electron chi connectivity index (χ1n) is 11.6. The molecule has 0 spiro atoms. The third-order valence-corrected chi connectivity index (χ3v) is 8.00. The van der Waals surface area contributed by atoms with Crippen LogP contribution in [0.25, 0.3) is 0 Å². The van der Waals surface area contributed by atoms with Crippen LogP contribution < -0.4 is 9.21 Å². The van der Waals surface area contributed by atoms with Crippen LogP contribution in [0.15, 0.2) is 52.2 Å². The molecule has 0 radical (unpaired) electrons. The normalized spacial score (nSPS) is 16.3. The Balaban J connectivity index is 1.62. The van der Waals surface area contributed by atoms with Crippen LogP contribution in [0.5, 0.6) is 5.75 Å². The molecular formula is C24H22F5N3O5S2. The van der Waals surface area contributed by atoms with E-state index in [1.807, 2.05) is 30.3 Å². The van der Waals surface area contributed by atoms with Gasteiger partial charge in [-0.05, 0) is 18.4 Å². The zero-order valence-electron chi connectivity index (χ0n) is 20.3. The molecule has 0 amide bonds. The summed E-state index contributed by atoms with van der Waals surface area (Å²) in [5, 5.41) is 0.927. The fraction of sp³-hybridized carbons (Fsp3) is 0.333. The summed E-state index contributed by atoms with van der Waals surface area (Å²) in [6.07, 6.45) is -5.63. The number of carbonyl (C=O) groups is 1. The standard InChI is InChI=1S/C24H22F5N3O5S2/c1-2-17-19(36-16-8-9-31(12-16)11-15-6-4-3-5-7-15)10-18(25)22(21(17)26)39(34,35)32(20-13-38-14-30-20)37-23(33)24(27,28)29/h3-7,10,13-14,16H,2,8-9,11-12H2,1H3/t16-/m0/s1. The number of likely N-dealkylation sites (tertiary alicyclic amines) is 1. The Morgan fingerprint density at radius 3 is 2.56 bits per heavy atom. The van der Waals surface area contributed by atoms with Crippen LogP contribution in [0.2, 0.25) is 0 Å². The van der Waals surface area contributed by atoms with Gasteiger partial charge in [0.15, 0.2) is 22.3 Å². The van der Waals surface area contributed by atoms with Gasteiger partial charge in [0.05, 0.1) is 5.51 Å². The van der Waals surface area contributed by atoms with Crippen LogP contribution in [0, 0.1) is 11.6 Å². The fourth-order valence-electron chi connectivity index (χ4n) is 4.07. The van der Waals surface area contributed by atoms with Crippen LogP contribution in [0.3, 0.4) is 0 Å². The molecule has 1 aliphatic heterocycles. The first-order valence-corrected chi connectivity index (χ1v) is 14.0. The summed E-state index contributed by atoms with van der Waals surface area (Å²) in [6, 6.07) is 10.3. The maximum absolute atomic E-state index is 15.6. The number of aromatic nitrogens is 1. The Hall–Kier alpha value is -3.30. The maximum Gasteiger partial charge on any atom is 0.493 e. The quantitative estimate of drug-likeness (QED) is 0.260. The number of alkyl halides is 3. The number of hydrogen-bond acceptors (Lipinski definition) is 8. The van der Waals surface area contributed by atoms with E-state index >= 15 is 8.78 Å². The molecule has 1 aliphatic rings. The van der Waals surface area contributed by atoms with Crippen molar-refractivity contribution < 1.29 is 44.7 Å². The lowest BCUT2D eigenvalue weighted by Gasteiger charge is -2.23. The van der Waals surface area contributed by atoms with E-state index in [0.717, 1.165) is 27.8 Å². The number of rotatable bonds is 9. The molecular weight excluding hydrogens is 569 g/mol. The minimum atomic E-state index is -5.59. The van der Waals surface area contributed by atoms with Crippen molar-refractivity contribution in [3.63, 3.8) is 0 Å². The van der Waals surface area contributed by atoms with Gasteiger partial charge in [0.2, 0.25) is 0 Å². The van der Waals surface area contributed by atoms with Gasteiger partial charge >= 0.3 is 22.2 Å². The molecule has 2 heterocycles. The summed E-state index contributed by atoms with van der Waals surface area (Å²) in [5.74, 6) is -7.15. The van der Waals surface area contributed by atoms with Crippen LogP contribution in [0.4, 0.5) is 27.8 Å². The van der Waals surface area contributed by atoms with E-state index in [9.17, 15) is 26.4 Å². The van der Waals surface area contributed by atoms with Gasteiger partial charge in [-0.1, -0.05) is 41.7 Å². The van der Waals surface area contributed by atoms with Crippen LogP contribution in [0.1, 0.15) is 24.5 Å². The maximum atomic E-state index is 15.6. The van der Waals surface area contributed by atoms with Gasteiger partial charge in [0.25, 0.3) is 0 Å². The molecule has 2 aromatic carbocycles. The molecule has 4 rings (SSSR count). The summed E-state index contributed by atoms with van der Waals surface area (Å²) < 4.78 is 101. The van der Waals surface area contributed by atoms with Crippen molar-refractivity contribution in [1.29, 1.82) is 0 Å². The Morgan fingerprint density at radius 2 is 1.95 bits per heavy atom. The summed E-state index contributed by atoms with van der Waals surface area (Å²) in [4.78, 5) is 19.5. The van der Waals surface area contributed by atoms with Crippen LogP contribution in [-0.2, 0) is 32.6 Å².